The number of pyridine rings is 1. The fourth-order valence-corrected chi connectivity index (χ4v) is 2.37. The number of rotatable bonds is 7. The average Bonchev–Trinajstić information content (AvgIpc) is 2.52. The first-order valence-corrected chi connectivity index (χ1v) is 7.03. The lowest BCUT2D eigenvalue weighted by Gasteiger charge is -2.16. The molecule has 1 unspecified atom stereocenters. The zero-order chi connectivity index (χ0) is 14.2. The molecule has 0 aliphatic rings. The molecule has 1 N–H and O–H groups in total. The van der Waals surface area contributed by atoms with E-state index in [4.69, 9.17) is 4.74 Å². The summed E-state index contributed by atoms with van der Waals surface area (Å²) >= 11 is 0. The molecule has 3 nitrogen and oxygen atoms in total. The van der Waals surface area contributed by atoms with Gasteiger partial charge in [-0.1, -0.05) is 30.3 Å². The second-order valence-electron chi connectivity index (χ2n) is 4.88. The number of ether oxygens (including phenoxy) is 1. The van der Waals surface area contributed by atoms with E-state index in [9.17, 15) is 0 Å². The molecule has 1 atom stereocenters. The van der Waals surface area contributed by atoms with Crippen LogP contribution in [0, 0.1) is 0 Å². The third-order valence-electron chi connectivity index (χ3n) is 3.52. The normalized spacial score (nSPS) is 12.1. The van der Waals surface area contributed by atoms with E-state index in [0.29, 0.717) is 6.04 Å². The molecule has 20 heavy (non-hydrogen) atoms. The molecule has 0 amide bonds. The summed E-state index contributed by atoms with van der Waals surface area (Å²) in [5.74, 6) is 0.811. The Morgan fingerprint density at radius 1 is 1.20 bits per heavy atom. The lowest BCUT2D eigenvalue weighted by Crippen LogP contribution is -2.16. The maximum absolute atomic E-state index is 5.23. The lowest BCUT2D eigenvalue weighted by atomic mass is 10.0. The van der Waals surface area contributed by atoms with Gasteiger partial charge in [-0.15, -0.1) is 0 Å². The molecule has 1 aromatic heterocycles. The number of aryl methyl sites for hydroxylation is 1. The zero-order valence-electron chi connectivity index (χ0n) is 12.2. The van der Waals surface area contributed by atoms with Crippen LogP contribution in [-0.4, -0.2) is 19.1 Å². The van der Waals surface area contributed by atoms with E-state index >= 15 is 0 Å². The van der Waals surface area contributed by atoms with Gasteiger partial charge in [-0.2, -0.15) is 0 Å². The first-order valence-electron chi connectivity index (χ1n) is 7.03. The van der Waals surface area contributed by atoms with Crippen LogP contribution in [0.5, 0.6) is 5.75 Å². The van der Waals surface area contributed by atoms with Gasteiger partial charge in [-0.05, 0) is 43.5 Å². The minimum atomic E-state index is 0.321. The van der Waals surface area contributed by atoms with Crippen LogP contribution >= 0.6 is 0 Å². The highest BCUT2D eigenvalue weighted by Crippen LogP contribution is 2.22. The van der Waals surface area contributed by atoms with Crippen LogP contribution in [0.3, 0.4) is 0 Å². The molecule has 106 valence electrons. The maximum Gasteiger partial charge on any atom is 0.137 e. The number of methoxy groups -OCH3 is 1. The maximum atomic E-state index is 5.23. The van der Waals surface area contributed by atoms with E-state index in [-0.39, 0.29) is 0 Å². The molecule has 0 saturated carbocycles. The predicted molar refractivity (Wildman–Crippen MR) is 82.0 cm³/mol. The van der Waals surface area contributed by atoms with Crippen LogP contribution in [0.25, 0.3) is 0 Å². The zero-order valence-corrected chi connectivity index (χ0v) is 12.2. The molecule has 2 aromatic rings. The Kier molecular flexibility index (Phi) is 5.56. The highest BCUT2D eigenvalue weighted by molar-refractivity contribution is 5.26. The molecule has 2 rings (SSSR count). The minimum Gasteiger partial charge on any atom is -0.495 e. The summed E-state index contributed by atoms with van der Waals surface area (Å²) in [6.45, 7) is 0. The number of nitrogens with one attached hydrogen (secondary N) is 1. The van der Waals surface area contributed by atoms with E-state index in [1.54, 1.807) is 13.3 Å². The smallest absolute Gasteiger partial charge is 0.137 e. The van der Waals surface area contributed by atoms with Gasteiger partial charge >= 0.3 is 0 Å². The standard InChI is InChI=1S/C17H22N2O/c1-18-17(15-11-16(20-2)13-19-12-15)10-6-9-14-7-4-3-5-8-14/h3-5,7-8,11-13,17-18H,6,9-10H2,1-2H3. The quantitative estimate of drug-likeness (QED) is 0.837. The molecule has 0 fully saturated rings. The molecule has 0 bridgehead atoms. The van der Waals surface area contributed by atoms with E-state index in [1.165, 1.54) is 11.1 Å². The van der Waals surface area contributed by atoms with Gasteiger partial charge in [0.15, 0.2) is 0 Å². The van der Waals surface area contributed by atoms with Gasteiger partial charge in [0.1, 0.15) is 5.75 Å². The lowest BCUT2D eigenvalue weighted by molar-refractivity contribution is 0.410. The third-order valence-corrected chi connectivity index (χ3v) is 3.52. The number of benzene rings is 1. The summed E-state index contributed by atoms with van der Waals surface area (Å²) in [7, 11) is 3.66. The van der Waals surface area contributed by atoms with Crippen molar-refractivity contribution in [3.05, 3.63) is 59.9 Å². The number of hydrogen-bond donors (Lipinski definition) is 1. The van der Waals surface area contributed by atoms with Crippen molar-refractivity contribution in [2.75, 3.05) is 14.2 Å². The molecular formula is C17H22N2O. The average molecular weight is 270 g/mol. The molecule has 1 aromatic carbocycles. The Labute approximate surface area is 121 Å². The molecule has 0 aliphatic carbocycles. The minimum absolute atomic E-state index is 0.321. The highest BCUT2D eigenvalue weighted by Gasteiger charge is 2.10. The summed E-state index contributed by atoms with van der Waals surface area (Å²) in [6.07, 6.45) is 6.98. The Hall–Kier alpha value is -1.87. The van der Waals surface area contributed by atoms with Crippen molar-refractivity contribution in [3.8, 4) is 5.75 Å². The molecule has 1 heterocycles. The SMILES string of the molecule is CNC(CCCc1ccccc1)c1cncc(OC)c1. The molecule has 0 radical (unpaired) electrons. The van der Waals surface area contributed by atoms with E-state index in [0.717, 1.165) is 25.0 Å². The van der Waals surface area contributed by atoms with Gasteiger partial charge in [-0.25, -0.2) is 0 Å². The molecule has 0 saturated heterocycles. The largest absolute Gasteiger partial charge is 0.495 e. The van der Waals surface area contributed by atoms with Gasteiger partial charge < -0.3 is 10.1 Å². The van der Waals surface area contributed by atoms with Crippen molar-refractivity contribution in [1.82, 2.24) is 10.3 Å². The van der Waals surface area contributed by atoms with Crippen molar-refractivity contribution >= 4 is 0 Å². The monoisotopic (exact) mass is 270 g/mol. The van der Waals surface area contributed by atoms with Crippen LogP contribution in [0.1, 0.15) is 30.0 Å². The van der Waals surface area contributed by atoms with Gasteiger partial charge in [0.25, 0.3) is 0 Å². The summed E-state index contributed by atoms with van der Waals surface area (Å²) in [5.41, 5.74) is 2.58. The molecule has 3 heteroatoms. The van der Waals surface area contributed by atoms with Crippen LogP contribution in [0.4, 0.5) is 0 Å². The fourth-order valence-electron chi connectivity index (χ4n) is 2.37. The van der Waals surface area contributed by atoms with E-state index < -0.39 is 0 Å². The fraction of sp³-hybridized carbons (Fsp3) is 0.353. The summed E-state index contributed by atoms with van der Waals surface area (Å²) in [4.78, 5) is 4.23. The second-order valence-corrected chi connectivity index (χ2v) is 4.88. The highest BCUT2D eigenvalue weighted by atomic mass is 16.5. The van der Waals surface area contributed by atoms with Crippen molar-refractivity contribution in [2.45, 2.75) is 25.3 Å². The van der Waals surface area contributed by atoms with Crippen molar-refractivity contribution < 1.29 is 4.74 Å². The molecule has 0 aliphatic heterocycles. The number of aromatic nitrogens is 1. The Morgan fingerprint density at radius 2 is 2.00 bits per heavy atom. The van der Waals surface area contributed by atoms with Crippen molar-refractivity contribution in [1.29, 1.82) is 0 Å². The third kappa shape index (κ3) is 4.07. The van der Waals surface area contributed by atoms with E-state index in [1.807, 2.05) is 13.2 Å². The number of nitrogens with zero attached hydrogens (tertiary/aromatic N) is 1. The second kappa shape index (κ2) is 7.65. The summed E-state index contributed by atoms with van der Waals surface area (Å²) in [6, 6.07) is 13.0. The Balaban J connectivity index is 1.91. The molecular weight excluding hydrogens is 248 g/mol. The van der Waals surface area contributed by atoms with Crippen LogP contribution in [-0.2, 0) is 6.42 Å². The van der Waals surface area contributed by atoms with Crippen LogP contribution in [0.2, 0.25) is 0 Å². The Bertz CT molecular complexity index is 513. The Morgan fingerprint density at radius 3 is 2.70 bits per heavy atom. The van der Waals surface area contributed by atoms with Gasteiger partial charge in [0.05, 0.1) is 13.3 Å². The predicted octanol–water partition coefficient (Wildman–Crippen LogP) is 3.37. The van der Waals surface area contributed by atoms with Gasteiger partial charge in [0, 0.05) is 12.2 Å². The molecule has 0 spiro atoms. The van der Waals surface area contributed by atoms with Crippen LogP contribution < -0.4 is 10.1 Å². The van der Waals surface area contributed by atoms with Crippen molar-refractivity contribution in [2.24, 2.45) is 0 Å². The van der Waals surface area contributed by atoms with Gasteiger partial charge in [0.2, 0.25) is 0 Å². The first kappa shape index (κ1) is 14.5. The first-order chi connectivity index (χ1) is 9.83. The van der Waals surface area contributed by atoms with Crippen molar-refractivity contribution in [3.63, 3.8) is 0 Å². The number of hydrogen-bond acceptors (Lipinski definition) is 3. The van der Waals surface area contributed by atoms with Gasteiger partial charge in [-0.3, -0.25) is 4.98 Å². The topological polar surface area (TPSA) is 34.2 Å². The summed E-state index contributed by atoms with van der Waals surface area (Å²) in [5, 5.41) is 3.36. The van der Waals surface area contributed by atoms with Crippen LogP contribution in [0.15, 0.2) is 48.8 Å². The van der Waals surface area contributed by atoms with E-state index in [2.05, 4.69) is 46.7 Å². The summed E-state index contributed by atoms with van der Waals surface area (Å²) < 4.78 is 5.23.